The minimum absolute atomic E-state index is 0.345. The van der Waals surface area contributed by atoms with E-state index in [9.17, 15) is 0 Å². The lowest BCUT2D eigenvalue weighted by atomic mass is 10.2. The van der Waals surface area contributed by atoms with Gasteiger partial charge in [-0.05, 0) is 34.6 Å². The molecule has 0 fully saturated rings. The minimum Gasteiger partial charge on any atom is -0.304 e. The largest absolute Gasteiger partial charge is 0.304 e. The maximum atomic E-state index is 4.48. The Labute approximate surface area is 116 Å². The fourth-order valence-corrected chi connectivity index (χ4v) is 3.87. The molecule has 3 nitrogen and oxygen atoms in total. The van der Waals surface area contributed by atoms with Gasteiger partial charge in [-0.25, -0.2) is 9.97 Å². The number of thiazole rings is 2. The molecule has 5 heteroatoms. The van der Waals surface area contributed by atoms with Crippen molar-refractivity contribution in [2.75, 3.05) is 0 Å². The normalized spacial score (nSPS) is 12.9. The molecule has 2 heterocycles. The van der Waals surface area contributed by atoms with E-state index in [-0.39, 0.29) is 0 Å². The highest BCUT2D eigenvalue weighted by Gasteiger charge is 2.13. The maximum absolute atomic E-state index is 4.48. The fraction of sp³-hybridized carbons (Fsp3) is 0.538. The lowest BCUT2D eigenvalue weighted by molar-refractivity contribution is 0.582. The Balaban J connectivity index is 2.02. The van der Waals surface area contributed by atoms with Crippen molar-refractivity contribution >= 4 is 22.7 Å². The van der Waals surface area contributed by atoms with Crippen LogP contribution < -0.4 is 5.32 Å². The molecule has 2 aromatic rings. The Morgan fingerprint density at radius 2 is 1.61 bits per heavy atom. The van der Waals surface area contributed by atoms with Crippen molar-refractivity contribution in [3.63, 3.8) is 0 Å². The molecule has 1 atom stereocenters. The van der Waals surface area contributed by atoms with E-state index in [1.54, 1.807) is 22.7 Å². The van der Waals surface area contributed by atoms with Gasteiger partial charge in [-0.15, -0.1) is 22.7 Å². The second-order valence-electron chi connectivity index (χ2n) is 4.53. The molecule has 18 heavy (non-hydrogen) atoms. The summed E-state index contributed by atoms with van der Waals surface area (Å²) in [5.41, 5.74) is 2.30. The summed E-state index contributed by atoms with van der Waals surface area (Å²) >= 11 is 3.56. The second-order valence-corrected chi connectivity index (χ2v) is 7.05. The number of rotatable bonds is 4. The van der Waals surface area contributed by atoms with Crippen LogP contribution in [0.1, 0.15) is 44.1 Å². The highest BCUT2D eigenvalue weighted by Crippen LogP contribution is 2.25. The molecule has 98 valence electrons. The van der Waals surface area contributed by atoms with Crippen LogP contribution in [0.5, 0.6) is 0 Å². The zero-order valence-electron chi connectivity index (χ0n) is 11.5. The molecule has 0 aliphatic heterocycles. The summed E-state index contributed by atoms with van der Waals surface area (Å²) in [6.07, 6.45) is 0. The Kier molecular flexibility index (Phi) is 4.14. The molecule has 0 saturated carbocycles. The van der Waals surface area contributed by atoms with Gasteiger partial charge in [-0.3, -0.25) is 0 Å². The number of hydrogen-bond donors (Lipinski definition) is 1. The summed E-state index contributed by atoms with van der Waals surface area (Å²) in [4.78, 5) is 11.6. The quantitative estimate of drug-likeness (QED) is 0.929. The van der Waals surface area contributed by atoms with Crippen LogP contribution in [-0.2, 0) is 6.54 Å². The predicted octanol–water partition coefficient (Wildman–Crippen LogP) is 3.68. The first-order chi connectivity index (χ1) is 8.47. The molecule has 2 rings (SSSR count). The van der Waals surface area contributed by atoms with Gasteiger partial charge in [0.15, 0.2) is 0 Å². The van der Waals surface area contributed by atoms with E-state index in [2.05, 4.69) is 49.9 Å². The average Bonchev–Trinajstić information content (AvgIpc) is 2.78. The highest BCUT2D eigenvalue weighted by atomic mass is 32.1. The second kappa shape index (κ2) is 5.47. The van der Waals surface area contributed by atoms with Crippen molar-refractivity contribution in [1.29, 1.82) is 0 Å². The summed E-state index contributed by atoms with van der Waals surface area (Å²) in [6.45, 7) is 11.4. The van der Waals surface area contributed by atoms with Gasteiger partial charge in [0.25, 0.3) is 0 Å². The van der Waals surface area contributed by atoms with E-state index in [4.69, 9.17) is 0 Å². The van der Waals surface area contributed by atoms with Gasteiger partial charge in [0.05, 0.1) is 21.4 Å². The van der Waals surface area contributed by atoms with Crippen molar-refractivity contribution in [3.05, 3.63) is 31.2 Å². The fourth-order valence-electron chi connectivity index (χ4n) is 2.02. The van der Waals surface area contributed by atoms with E-state index in [0.29, 0.717) is 6.04 Å². The third-order valence-electron chi connectivity index (χ3n) is 2.90. The van der Waals surface area contributed by atoms with Crippen LogP contribution in [0, 0.1) is 27.7 Å². The zero-order valence-corrected chi connectivity index (χ0v) is 13.1. The molecule has 0 aliphatic rings. The van der Waals surface area contributed by atoms with Gasteiger partial charge >= 0.3 is 0 Å². The first-order valence-electron chi connectivity index (χ1n) is 6.07. The third kappa shape index (κ3) is 2.96. The van der Waals surface area contributed by atoms with Crippen molar-refractivity contribution < 1.29 is 0 Å². The van der Waals surface area contributed by atoms with Crippen molar-refractivity contribution in [1.82, 2.24) is 15.3 Å². The first-order valence-corrected chi connectivity index (χ1v) is 7.71. The van der Waals surface area contributed by atoms with Crippen LogP contribution in [-0.4, -0.2) is 9.97 Å². The van der Waals surface area contributed by atoms with Crippen molar-refractivity contribution in [2.24, 2.45) is 0 Å². The summed E-state index contributed by atoms with van der Waals surface area (Å²) in [6, 6.07) is 0.345. The molecule has 1 unspecified atom stereocenters. The number of hydrogen-bond acceptors (Lipinski definition) is 5. The van der Waals surface area contributed by atoms with Crippen LogP contribution >= 0.6 is 22.7 Å². The topological polar surface area (TPSA) is 37.8 Å². The molecular formula is C13H19N3S2. The molecule has 2 aromatic heterocycles. The van der Waals surface area contributed by atoms with E-state index < -0.39 is 0 Å². The van der Waals surface area contributed by atoms with Crippen LogP contribution in [0.3, 0.4) is 0 Å². The number of aryl methyl sites for hydroxylation is 4. The van der Waals surface area contributed by atoms with Gasteiger partial charge in [-0.1, -0.05) is 0 Å². The van der Waals surface area contributed by atoms with E-state index in [0.717, 1.165) is 27.9 Å². The number of nitrogens with one attached hydrogen (secondary N) is 1. The molecule has 0 saturated heterocycles. The van der Waals surface area contributed by atoms with Gasteiger partial charge < -0.3 is 5.32 Å². The Hall–Kier alpha value is -0.780. The predicted molar refractivity (Wildman–Crippen MR) is 78.4 cm³/mol. The lowest BCUT2D eigenvalue weighted by Crippen LogP contribution is -2.17. The molecule has 0 radical (unpaired) electrons. The molecule has 0 bridgehead atoms. The van der Waals surface area contributed by atoms with Gasteiger partial charge in [-0.2, -0.15) is 0 Å². The van der Waals surface area contributed by atoms with Crippen molar-refractivity contribution in [3.8, 4) is 0 Å². The van der Waals surface area contributed by atoms with Gasteiger partial charge in [0.1, 0.15) is 0 Å². The molecule has 0 amide bonds. The average molecular weight is 281 g/mol. The van der Waals surface area contributed by atoms with Crippen LogP contribution in [0.25, 0.3) is 0 Å². The summed E-state index contributed by atoms with van der Waals surface area (Å²) in [5, 5.41) is 5.84. The number of nitrogens with zero attached hydrogens (tertiary/aromatic N) is 2. The standard InChI is InChI=1S/C13H19N3S2/c1-7-12(17-10(4)15-7)6-14-8(2)13-9(3)16-11(5)18-13/h8,14H,6H2,1-5H3. The molecular weight excluding hydrogens is 262 g/mol. The molecule has 0 aromatic carbocycles. The van der Waals surface area contributed by atoms with Crippen LogP contribution in [0.2, 0.25) is 0 Å². The molecule has 1 N–H and O–H groups in total. The monoisotopic (exact) mass is 281 g/mol. The number of aromatic nitrogens is 2. The Morgan fingerprint density at radius 3 is 2.11 bits per heavy atom. The molecule has 0 spiro atoms. The van der Waals surface area contributed by atoms with Gasteiger partial charge in [0, 0.05) is 22.3 Å². The minimum atomic E-state index is 0.345. The highest BCUT2D eigenvalue weighted by molar-refractivity contribution is 7.12. The Morgan fingerprint density at radius 1 is 1.00 bits per heavy atom. The lowest BCUT2D eigenvalue weighted by Gasteiger charge is -2.12. The SMILES string of the molecule is Cc1nc(C)c(CNC(C)c2sc(C)nc2C)s1. The van der Waals surface area contributed by atoms with Crippen molar-refractivity contribution in [2.45, 2.75) is 47.2 Å². The molecule has 0 aliphatic carbocycles. The van der Waals surface area contributed by atoms with E-state index >= 15 is 0 Å². The summed E-state index contributed by atoms with van der Waals surface area (Å²) < 4.78 is 0. The first kappa shape index (κ1) is 13.6. The van der Waals surface area contributed by atoms with Gasteiger partial charge in [0.2, 0.25) is 0 Å². The Bertz CT molecular complexity index is 542. The zero-order chi connectivity index (χ0) is 13.3. The van der Waals surface area contributed by atoms with Crippen LogP contribution in [0.15, 0.2) is 0 Å². The van der Waals surface area contributed by atoms with E-state index in [1.807, 2.05) is 0 Å². The van der Waals surface area contributed by atoms with E-state index in [1.165, 1.54) is 9.75 Å². The summed E-state index contributed by atoms with van der Waals surface area (Å²) in [5.74, 6) is 0. The maximum Gasteiger partial charge on any atom is 0.0900 e. The third-order valence-corrected chi connectivity index (χ3v) is 5.23. The van der Waals surface area contributed by atoms with Crippen LogP contribution in [0.4, 0.5) is 0 Å². The summed E-state index contributed by atoms with van der Waals surface area (Å²) in [7, 11) is 0. The smallest absolute Gasteiger partial charge is 0.0900 e.